The van der Waals surface area contributed by atoms with E-state index in [1.807, 2.05) is 63.4 Å². The summed E-state index contributed by atoms with van der Waals surface area (Å²) in [6, 6.07) is 22.6. The number of fused-ring (bicyclic) bond motifs is 10. The van der Waals surface area contributed by atoms with Crippen molar-refractivity contribution in [1.29, 1.82) is 0 Å². The molecule has 10 rings (SSSR count). The third-order valence-electron chi connectivity index (χ3n) is 11.5. The average Bonchev–Trinajstić information content (AvgIpc) is 3.92. The summed E-state index contributed by atoms with van der Waals surface area (Å²) in [6.07, 6.45) is 2.78. The minimum atomic E-state index is -3.62. The second kappa shape index (κ2) is 20.0. The van der Waals surface area contributed by atoms with E-state index in [9.17, 15) is 32.0 Å². The largest absolute Gasteiger partial charge is 0.378 e. The molecular formula is C46H47FN8O9S3. The Bertz CT molecular complexity index is 3400. The SMILES string of the molecule is CS(=O)(=O)OCCNC(=O)c1c(=O)c2ccc(N3CCOCC3)nc2n2c1sc1ccccc12.O=C(NCCCCCF)c1c(=O)c2ccc(N3CCOCC3)nc2n2c1sc1ccccc12. The Morgan fingerprint density at radius 1 is 0.672 bits per heavy atom. The number of rotatable bonds is 13. The monoisotopic (exact) mass is 970 g/mol. The Morgan fingerprint density at radius 2 is 1.13 bits per heavy atom. The molecule has 0 bridgehead atoms. The highest BCUT2D eigenvalue weighted by Crippen LogP contribution is 2.33. The molecule has 8 heterocycles. The van der Waals surface area contributed by atoms with E-state index in [1.54, 1.807) is 18.2 Å². The van der Waals surface area contributed by atoms with E-state index in [0.717, 1.165) is 51.4 Å². The molecule has 2 saturated heterocycles. The van der Waals surface area contributed by atoms with Gasteiger partial charge in [-0.1, -0.05) is 24.3 Å². The zero-order chi connectivity index (χ0) is 46.7. The number of pyridine rings is 4. The molecule has 21 heteroatoms. The maximum absolute atomic E-state index is 13.5. The number of carbonyl (C=O) groups excluding carboxylic acids is 2. The molecule has 0 atom stereocenters. The molecule has 0 saturated carbocycles. The number of ether oxygens (including phenoxy) is 2. The molecule has 2 fully saturated rings. The van der Waals surface area contributed by atoms with Gasteiger partial charge in [0.15, 0.2) is 11.3 Å². The molecule has 0 radical (unpaired) electrons. The maximum Gasteiger partial charge on any atom is 0.264 e. The van der Waals surface area contributed by atoms with Crippen molar-refractivity contribution in [2.45, 2.75) is 19.3 Å². The Labute approximate surface area is 390 Å². The highest BCUT2D eigenvalue weighted by atomic mass is 32.2. The van der Waals surface area contributed by atoms with Gasteiger partial charge in [0.25, 0.3) is 21.9 Å². The Hall–Kier alpha value is -6.10. The lowest BCUT2D eigenvalue weighted by Crippen LogP contribution is -2.37. The van der Waals surface area contributed by atoms with Crippen LogP contribution in [0.4, 0.5) is 16.0 Å². The molecular weight excluding hydrogens is 924 g/mol. The number of benzene rings is 2. The van der Waals surface area contributed by atoms with Crippen molar-refractivity contribution in [2.75, 3.05) is 95.0 Å². The van der Waals surface area contributed by atoms with E-state index in [2.05, 4.69) is 24.6 Å². The molecule has 2 aliphatic rings. The van der Waals surface area contributed by atoms with E-state index < -0.39 is 27.4 Å². The van der Waals surface area contributed by atoms with Crippen molar-refractivity contribution in [2.24, 2.45) is 0 Å². The van der Waals surface area contributed by atoms with Crippen LogP contribution in [0.1, 0.15) is 40.0 Å². The first-order valence-corrected chi connectivity index (χ1v) is 25.3. The van der Waals surface area contributed by atoms with Crippen molar-refractivity contribution < 1.29 is 36.1 Å². The fourth-order valence-corrected chi connectivity index (χ4v) is 11.0. The van der Waals surface area contributed by atoms with Gasteiger partial charge >= 0.3 is 0 Å². The van der Waals surface area contributed by atoms with Crippen LogP contribution in [-0.4, -0.2) is 124 Å². The molecule has 67 heavy (non-hydrogen) atoms. The number of aromatic nitrogens is 4. The Kier molecular flexibility index (Phi) is 13.7. The van der Waals surface area contributed by atoms with E-state index >= 15 is 0 Å². The third kappa shape index (κ3) is 9.56. The molecule has 17 nitrogen and oxygen atoms in total. The van der Waals surface area contributed by atoms with Crippen LogP contribution in [0, 0.1) is 0 Å². The van der Waals surface area contributed by atoms with Crippen LogP contribution < -0.4 is 31.3 Å². The summed E-state index contributed by atoms with van der Waals surface area (Å²) in [4.78, 5) is 68.2. The van der Waals surface area contributed by atoms with Gasteiger partial charge in [-0.15, -0.1) is 22.7 Å². The number of para-hydroxylation sites is 2. The van der Waals surface area contributed by atoms with Gasteiger partial charge in [-0.2, -0.15) is 8.42 Å². The number of unbranched alkanes of at least 4 members (excludes halogenated alkanes) is 2. The molecule has 2 aromatic carbocycles. The number of anilines is 2. The predicted octanol–water partition coefficient (Wildman–Crippen LogP) is 5.37. The molecule has 8 aromatic rings. The van der Waals surface area contributed by atoms with Gasteiger partial charge in [-0.25, -0.2) is 9.97 Å². The highest BCUT2D eigenvalue weighted by Gasteiger charge is 2.26. The zero-order valence-electron chi connectivity index (χ0n) is 36.5. The second-order valence-electron chi connectivity index (χ2n) is 15.9. The van der Waals surface area contributed by atoms with Gasteiger partial charge in [0.05, 0.1) is 77.2 Å². The Morgan fingerprint density at radius 3 is 1.60 bits per heavy atom. The summed E-state index contributed by atoms with van der Waals surface area (Å²) in [6.45, 7) is 5.15. The minimum Gasteiger partial charge on any atom is -0.378 e. The lowest BCUT2D eigenvalue weighted by atomic mass is 10.1. The second-order valence-corrected chi connectivity index (χ2v) is 19.6. The lowest BCUT2D eigenvalue weighted by molar-refractivity contribution is 0.0942. The van der Waals surface area contributed by atoms with Crippen LogP contribution in [0.2, 0.25) is 0 Å². The van der Waals surface area contributed by atoms with Crippen LogP contribution in [0.25, 0.3) is 52.2 Å². The summed E-state index contributed by atoms with van der Waals surface area (Å²) in [5.74, 6) is 0.544. The number of nitrogens with zero attached hydrogens (tertiary/aromatic N) is 6. The molecule has 0 aliphatic carbocycles. The van der Waals surface area contributed by atoms with Crippen molar-refractivity contribution in [3.8, 4) is 0 Å². The normalized spacial score (nSPS) is 14.6. The van der Waals surface area contributed by atoms with Gasteiger partial charge in [0.1, 0.15) is 32.4 Å². The molecule has 2 amide bonds. The summed E-state index contributed by atoms with van der Waals surface area (Å²) >= 11 is 2.75. The highest BCUT2D eigenvalue weighted by molar-refractivity contribution is 7.86. The molecule has 0 spiro atoms. The van der Waals surface area contributed by atoms with Crippen LogP contribution in [0.3, 0.4) is 0 Å². The van der Waals surface area contributed by atoms with Gasteiger partial charge < -0.3 is 29.9 Å². The van der Waals surface area contributed by atoms with Crippen LogP contribution in [0.5, 0.6) is 0 Å². The molecule has 2 N–H and O–H groups in total. The number of hydrogen-bond acceptors (Lipinski definition) is 15. The van der Waals surface area contributed by atoms with Crippen molar-refractivity contribution in [3.05, 3.63) is 104 Å². The maximum atomic E-state index is 13.5. The van der Waals surface area contributed by atoms with Gasteiger partial charge in [-0.05, 0) is 67.8 Å². The van der Waals surface area contributed by atoms with Gasteiger partial charge in [-0.3, -0.25) is 36.6 Å². The third-order valence-corrected chi connectivity index (χ3v) is 14.3. The fourth-order valence-electron chi connectivity index (χ4n) is 8.23. The van der Waals surface area contributed by atoms with Crippen molar-refractivity contribution in [3.63, 3.8) is 0 Å². The molecule has 0 unspecified atom stereocenters. The standard InChI is InChI=1S/C24H25FN4O3S.C22H22N4O6S2/c25-10-4-1-5-11-26-23(31)20-21(30)16-8-9-19(28-12-14-32-15-13-28)27-22(16)29-17-6-2-3-7-18(17)33-24(20)29;1-34(29,30)32-11-8-23-21(28)18-19(27)14-6-7-17(25-9-12-31-13-10-25)24-20(14)26-15-4-2-3-5-16(15)33-22(18)26/h2-3,6-9H,1,4-5,10-15H2,(H,26,31);2-7H,8-13H2,1H3,(H,23,28). The first kappa shape index (κ1) is 46.0. The summed E-state index contributed by atoms with van der Waals surface area (Å²) < 4.78 is 55.9. The fraction of sp³-hybridized carbons (Fsp3) is 0.348. The lowest BCUT2D eigenvalue weighted by Gasteiger charge is -2.27. The predicted molar refractivity (Wildman–Crippen MR) is 260 cm³/mol. The number of nitrogens with one attached hydrogen (secondary N) is 2. The molecule has 6 aromatic heterocycles. The van der Waals surface area contributed by atoms with Crippen LogP contribution >= 0.6 is 22.7 Å². The molecule has 2 aliphatic heterocycles. The summed E-state index contributed by atoms with van der Waals surface area (Å²) in [5, 5.41) is 6.19. The Balaban J connectivity index is 0.000000168. The number of hydrogen-bond donors (Lipinski definition) is 2. The van der Waals surface area contributed by atoms with Crippen molar-refractivity contribution >= 4 is 108 Å². The first-order valence-electron chi connectivity index (χ1n) is 21.9. The number of halogens is 1. The van der Waals surface area contributed by atoms with Gasteiger partial charge in [0, 0.05) is 39.3 Å². The van der Waals surface area contributed by atoms with E-state index in [0.29, 0.717) is 97.1 Å². The number of carbonyl (C=O) groups is 2. The average molecular weight is 971 g/mol. The zero-order valence-corrected chi connectivity index (χ0v) is 38.9. The quantitative estimate of drug-likeness (QED) is 0.111. The first-order chi connectivity index (χ1) is 32.5. The summed E-state index contributed by atoms with van der Waals surface area (Å²) in [5.41, 5.74) is 2.17. The van der Waals surface area contributed by atoms with Crippen LogP contribution in [-0.2, 0) is 23.8 Å². The number of amides is 2. The molecule has 350 valence electrons. The van der Waals surface area contributed by atoms with Crippen molar-refractivity contribution in [1.82, 2.24) is 29.4 Å². The van der Waals surface area contributed by atoms with E-state index in [4.69, 9.17) is 19.4 Å². The number of thiazole rings is 2. The minimum absolute atomic E-state index is 0.00558. The topological polar surface area (TPSA) is 195 Å². The van der Waals surface area contributed by atoms with Crippen LogP contribution in [0.15, 0.2) is 82.4 Å². The smallest absolute Gasteiger partial charge is 0.264 e. The number of alkyl halides is 1. The summed E-state index contributed by atoms with van der Waals surface area (Å²) in [7, 11) is -3.62. The van der Waals surface area contributed by atoms with E-state index in [-0.39, 0.29) is 36.4 Å². The number of morpholine rings is 2. The van der Waals surface area contributed by atoms with E-state index in [1.165, 1.54) is 22.7 Å². The van der Waals surface area contributed by atoms with Gasteiger partial charge in [0.2, 0.25) is 10.9 Å².